The SMILES string of the molecule is COc1[c-]cc(C#N)cc1OC.[Li+]. The average molecular weight is 169 g/mol. The molecule has 0 heterocycles. The molecule has 1 rings (SSSR count). The molecular formula is C9H8LiNO2. The summed E-state index contributed by atoms with van der Waals surface area (Å²) in [4.78, 5) is 0. The summed E-state index contributed by atoms with van der Waals surface area (Å²) in [5, 5.41) is 8.55. The molecule has 0 radical (unpaired) electrons. The van der Waals surface area contributed by atoms with Crippen LogP contribution in [0.3, 0.4) is 0 Å². The van der Waals surface area contributed by atoms with Gasteiger partial charge in [-0.15, -0.1) is 12.1 Å². The fraction of sp³-hybridized carbons (Fsp3) is 0.222. The number of ether oxygens (including phenoxy) is 2. The summed E-state index contributed by atoms with van der Waals surface area (Å²) in [5.41, 5.74) is 0.507. The number of methoxy groups -OCH3 is 2. The Morgan fingerprint density at radius 1 is 1.38 bits per heavy atom. The Hall–Kier alpha value is -1.09. The van der Waals surface area contributed by atoms with Crippen molar-refractivity contribution in [2.75, 3.05) is 14.2 Å². The molecule has 62 valence electrons. The van der Waals surface area contributed by atoms with Gasteiger partial charge in [0.1, 0.15) is 0 Å². The minimum Gasteiger partial charge on any atom is -0.551 e. The van der Waals surface area contributed by atoms with Gasteiger partial charge < -0.3 is 9.47 Å². The molecule has 0 saturated carbocycles. The fourth-order valence-electron chi connectivity index (χ4n) is 0.839. The summed E-state index contributed by atoms with van der Waals surface area (Å²) in [6.45, 7) is 0. The van der Waals surface area contributed by atoms with Crippen LogP contribution < -0.4 is 28.3 Å². The first-order valence-electron chi connectivity index (χ1n) is 3.35. The van der Waals surface area contributed by atoms with E-state index in [0.717, 1.165) is 0 Å². The number of hydrogen-bond donors (Lipinski definition) is 0. The normalized spacial score (nSPS) is 8.08. The van der Waals surface area contributed by atoms with Crippen LogP contribution in [0.25, 0.3) is 0 Å². The van der Waals surface area contributed by atoms with Gasteiger partial charge in [-0.05, 0) is 0 Å². The zero-order valence-electron chi connectivity index (χ0n) is 7.92. The molecule has 0 spiro atoms. The Morgan fingerprint density at radius 3 is 2.54 bits per heavy atom. The molecule has 3 nitrogen and oxygen atoms in total. The van der Waals surface area contributed by atoms with E-state index in [1.807, 2.05) is 6.07 Å². The third kappa shape index (κ3) is 2.70. The van der Waals surface area contributed by atoms with Crippen molar-refractivity contribution in [1.29, 1.82) is 5.26 Å². The van der Waals surface area contributed by atoms with E-state index in [9.17, 15) is 0 Å². The van der Waals surface area contributed by atoms with Gasteiger partial charge in [-0.2, -0.15) is 6.07 Å². The third-order valence-electron chi connectivity index (χ3n) is 1.42. The number of hydrogen-bond acceptors (Lipinski definition) is 3. The van der Waals surface area contributed by atoms with Crippen molar-refractivity contribution >= 4 is 0 Å². The summed E-state index contributed by atoms with van der Waals surface area (Å²) in [7, 11) is 3.05. The molecule has 0 aliphatic carbocycles. The molecule has 4 heteroatoms. The van der Waals surface area contributed by atoms with Crippen molar-refractivity contribution in [2.24, 2.45) is 0 Å². The molecule has 1 aromatic carbocycles. The van der Waals surface area contributed by atoms with E-state index in [1.54, 1.807) is 12.1 Å². The summed E-state index contributed by atoms with van der Waals surface area (Å²) in [6.07, 6.45) is 0. The van der Waals surface area contributed by atoms with E-state index < -0.39 is 0 Å². The first-order valence-corrected chi connectivity index (χ1v) is 3.35. The van der Waals surface area contributed by atoms with Crippen LogP contribution in [-0.4, -0.2) is 14.2 Å². The van der Waals surface area contributed by atoms with Crippen LogP contribution >= 0.6 is 0 Å². The predicted molar refractivity (Wildman–Crippen MR) is 43.1 cm³/mol. The van der Waals surface area contributed by atoms with Crippen molar-refractivity contribution < 1.29 is 28.3 Å². The van der Waals surface area contributed by atoms with E-state index in [4.69, 9.17) is 14.7 Å². The molecule has 0 aliphatic rings. The molecule has 0 atom stereocenters. The van der Waals surface area contributed by atoms with E-state index in [2.05, 4.69) is 6.07 Å². The van der Waals surface area contributed by atoms with Gasteiger partial charge in [-0.25, -0.2) is 5.26 Å². The third-order valence-corrected chi connectivity index (χ3v) is 1.42. The summed E-state index contributed by atoms with van der Waals surface area (Å²) < 4.78 is 9.92. The van der Waals surface area contributed by atoms with Gasteiger partial charge in [0.2, 0.25) is 0 Å². The Balaban J connectivity index is 0.00000144. The molecule has 13 heavy (non-hydrogen) atoms. The first kappa shape index (κ1) is 11.9. The van der Waals surface area contributed by atoms with Crippen molar-refractivity contribution in [3.8, 4) is 17.6 Å². The minimum absolute atomic E-state index is 0. The second-order valence-corrected chi connectivity index (χ2v) is 2.10. The Bertz CT molecular complexity index is 320. The van der Waals surface area contributed by atoms with Crippen LogP contribution in [0.15, 0.2) is 12.1 Å². The van der Waals surface area contributed by atoms with Gasteiger partial charge in [-0.3, -0.25) is 0 Å². The monoisotopic (exact) mass is 169 g/mol. The Labute approximate surface area is 89.4 Å². The van der Waals surface area contributed by atoms with E-state index >= 15 is 0 Å². The molecule has 0 aliphatic heterocycles. The molecule has 0 saturated heterocycles. The standard InChI is InChI=1S/C9H8NO2.Li/c1-11-8-4-3-7(6-10)5-9(8)12-2;/h3,5H,1-2H3;/q-1;+1. The number of benzene rings is 1. The van der Waals surface area contributed by atoms with E-state index in [0.29, 0.717) is 17.1 Å². The Morgan fingerprint density at radius 2 is 2.08 bits per heavy atom. The Kier molecular flexibility index (Phi) is 5.07. The topological polar surface area (TPSA) is 42.2 Å². The summed E-state index contributed by atoms with van der Waals surface area (Å²) in [6, 6.07) is 7.94. The first-order chi connectivity index (χ1) is 5.81. The maximum Gasteiger partial charge on any atom is 1.00 e. The van der Waals surface area contributed by atoms with Gasteiger partial charge >= 0.3 is 18.9 Å². The van der Waals surface area contributed by atoms with Crippen LogP contribution in [0.1, 0.15) is 5.56 Å². The maximum atomic E-state index is 8.55. The summed E-state index contributed by atoms with van der Waals surface area (Å²) in [5.74, 6) is 1.04. The van der Waals surface area contributed by atoms with Crippen molar-refractivity contribution in [2.45, 2.75) is 0 Å². The quantitative estimate of drug-likeness (QED) is 0.394. The largest absolute Gasteiger partial charge is 1.00 e. The van der Waals surface area contributed by atoms with E-state index in [1.165, 1.54) is 14.2 Å². The zero-order chi connectivity index (χ0) is 8.97. The minimum atomic E-state index is 0. The zero-order valence-corrected chi connectivity index (χ0v) is 7.92. The van der Waals surface area contributed by atoms with Crippen LogP contribution in [0.5, 0.6) is 11.5 Å². The van der Waals surface area contributed by atoms with Gasteiger partial charge in [0.15, 0.2) is 0 Å². The second kappa shape index (κ2) is 5.54. The smallest absolute Gasteiger partial charge is 0.551 e. The van der Waals surface area contributed by atoms with Crippen LogP contribution in [0, 0.1) is 17.4 Å². The van der Waals surface area contributed by atoms with Crippen LogP contribution in [-0.2, 0) is 0 Å². The fourth-order valence-corrected chi connectivity index (χ4v) is 0.839. The maximum absolute atomic E-state index is 8.55. The van der Waals surface area contributed by atoms with Crippen molar-refractivity contribution in [3.05, 3.63) is 23.8 Å². The van der Waals surface area contributed by atoms with Crippen LogP contribution in [0.2, 0.25) is 0 Å². The van der Waals surface area contributed by atoms with E-state index in [-0.39, 0.29) is 18.9 Å². The molecule has 0 unspecified atom stereocenters. The van der Waals surface area contributed by atoms with Crippen molar-refractivity contribution in [1.82, 2.24) is 0 Å². The van der Waals surface area contributed by atoms with Crippen LogP contribution in [0.4, 0.5) is 0 Å². The predicted octanol–water partition coefficient (Wildman–Crippen LogP) is -1.62. The molecule has 0 aromatic heterocycles. The van der Waals surface area contributed by atoms with Gasteiger partial charge in [0.25, 0.3) is 0 Å². The molecular weight excluding hydrogens is 161 g/mol. The van der Waals surface area contributed by atoms with Gasteiger partial charge in [0, 0.05) is 17.6 Å². The molecule has 0 amide bonds. The molecule has 0 N–H and O–H groups in total. The van der Waals surface area contributed by atoms with Gasteiger partial charge in [0.05, 0.1) is 14.2 Å². The second-order valence-electron chi connectivity index (χ2n) is 2.10. The van der Waals surface area contributed by atoms with Crippen molar-refractivity contribution in [3.63, 3.8) is 0 Å². The summed E-state index contributed by atoms with van der Waals surface area (Å²) >= 11 is 0. The number of nitrogens with zero attached hydrogens (tertiary/aromatic N) is 1. The average Bonchev–Trinajstić information content (AvgIpc) is 2.16. The molecule has 0 bridgehead atoms. The molecule has 1 aromatic rings. The number of rotatable bonds is 2. The number of nitriles is 1. The van der Waals surface area contributed by atoms with Gasteiger partial charge in [-0.1, -0.05) is 5.56 Å². The molecule has 0 fully saturated rings.